The number of quaternary nitrogens is 1. The molecule has 0 aromatic rings. The van der Waals surface area contributed by atoms with Crippen molar-refractivity contribution in [2.75, 3.05) is 26.2 Å². The minimum absolute atomic E-state index is 0.0736. The number of carboxylic acids is 3. The maximum atomic E-state index is 11.1. The number of allylic oxidation sites excluding steroid dienone is 2. The van der Waals surface area contributed by atoms with Crippen molar-refractivity contribution in [3.05, 3.63) is 12.2 Å². The lowest BCUT2D eigenvalue weighted by Gasteiger charge is -2.38. The average molecular weight is 541 g/mol. The van der Waals surface area contributed by atoms with E-state index in [0.717, 1.165) is 19.3 Å². The van der Waals surface area contributed by atoms with Crippen LogP contribution >= 0.6 is 0 Å². The minimum Gasteiger partial charge on any atom is -0.481 e. The lowest BCUT2D eigenvalue weighted by molar-refractivity contribution is -0.927. The van der Waals surface area contributed by atoms with Crippen molar-refractivity contribution >= 4 is 17.9 Å². The summed E-state index contributed by atoms with van der Waals surface area (Å²) >= 11 is 0. The largest absolute Gasteiger partial charge is 0.481 e. The van der Waals surface area contributed by atoms with Crippen LogP contribution in [0.5, 0.6) is 0 Å². The highest BCUT2D eigenvalue weighted by Crippen LogP contribution is 2.17. The number of hydrogen-bond acceptors (Lipinski definition) is 3. The number of hydrogen-bond donors (Lipinski definition) is 3. The van der Waals surface area contributed by atoms with Gasteiger partial charge in [-0.2, -0.15) is 0 Å². The Balaban J connectivity index is 3.89. The van der Waals surface area contributed by atoms with Crippen molar-refractivity contribution in [2.45, 2.75) is 142 Å². The van der Waals surface area contributed by atoms with Gasteiger partial charge in [0.2, 0.25) is 0 Å². The molecule has 7 nitrogen and oxygen atoms in total. The van der Waals surface area contributed by atoms with Crippen molar-refractivity contribution in [1.82, 2.24) is 0 Å². The number of unbranched alkanes of at least 4 members (excludes halogenated alkanes) is 16. The van der Waals surface area contributed by atoms with Gasteiger partial charge in [0.25, 0.3) is 0 Å². The van der Waals surface area contributed by atoms with Crippen LogP contribution in [-0.4, -0.2) is 63.9 Å². The van der Waals surface area contributed by atoms with E-state index < -0.39 is 17.9 Å². The lowest BCUT2D eigenvalue weighted by atomic mass is 10.0. The normalized spacial score (nSPS) is 11.8. The molecule has 0 fully saturated rings. The summed E-state index contributed by atoms with van der Waals surface area (Å²) in [6, 6.07) is 0. The van der Waals surface area contributed by atoms with Gasteiger partial charge >= 0.3 is 17.9 Å². The molecule has 222 valence electrons. The molecule has 0 aliphatic rings. The average Bonchev–Trinajstić information content (AvgIpc) is 2.88. The zero-order valence-electron chi connectivity index (χ0n) is 24.3. The number of aliphatic carboxylic acids is 3. The van der Waals surface area contributed by atoms with Gasteiger partial charge in [-0.15, -0.1) is 0 Å². The Bertz CT molecular complexity index is 588. The molecule has 0 rings (SSSR count). The van der Waals surface area contributed by atoms with Gasteiger partial charge < -0.3 is 19.8 Å². The summed E-state index contributed by atoms with van der Waals surface area (Å²) < 4.78 is 0.265. The topological polar surface area (TPSA) is 112 Å². The van der Waals surface area contributed by atoms with Crippen LogP contribution < -0.4 is 0 Å². The van der Waals surface area contributed by atoms with E-state index in [1.165, 1.54) is 96.3 Å². The summed E-state index contributed by atoms with van der Waals surface area (Å²) in [7, 11) is 0. The first-order valence-corrected chi connectivity index (χ1v) is 15.5. The minimum atomic E-state index is -0.931. The molecular weight excluding hydrogens is 482 g/mol. The molecule has 0 aromatic carbocycles. The third-order valence-electron chi connectivity index (χ3n) is 7.54. The van der Waals surface area contributed by atoms with Crippen molar-refractivity contribution < 1.29 is 34.2 Å². The molecule has 38 heavy (non-hydrogen) atoms. The number of nitrogens with zero attached hydrogens (tertiary/aromatic N) is 1. The van der Waals surface area contributed by atoms with Crippen LogP contribution in [0.3, 0.4) is 0 Å². The van der Waals surface area contributed by atoms with E-state index in [1.54, 1.807) is 0 Å². The van der Waals surface area contributed by atoms with Crippen LogP contribution in [0.25, 0.3) is 0 Å². The molecule has 0 heterocycles. The molecule has 0 amide bonds. The summed E-state index contributed by atoms with van der Waals surface area (Å²) in [6.45, 7) is 3.74. The van der Waals surface area contributed by atoms with Gasteiger partial charge in [-0.25, -0.2) is 0 Å². The highest BCUT2D eigenvalue weighted by Gasteiger charge is 2.29. The Labute approximate surface area is 232 Å². The van der Waals surface area contributed by atoms with Crippen molar-refractivity contribution in [1.29, 1.82) is 0 Å². The second-order valence-corrected chi connectivity index (χ2v) is 11.0. The Kier molecular flexibility index (Phi) is 24.1. The summed E-state index contributed by atoms with van der Waals surface area (Å²) in [5.41, 5.74) is 0. The Morgan fingerprint density at radius 3 is 1.13 bits per heavy atom. The van der Waals surface area contributed by atoms with Gasteiger partial charge in [0.05, 0.1) is 45.4 Å². The molecule has 0 radical (unpaired) electrons. The van der Waals surface area contributed by atoms with E-state index in [4.69, 9.17) is 15.3 Å². The molecule has 0 atom stereocenters. The molecule has 0 saturated carbocycles. The van der Waals surface area contributed by atoms with E-state index in [0.29, 0.717) is 6.54 Å². The molecule has 0 bridgehead atoms. The predicted molar refractivity (Wildman–Crippen MR) is 154 cm³/mol. The van der Waals surface area contributed by atoms with Crippen LogP contribution in [0.1, 0.15) is 142 Å². The summed E-state index contributed by atoms with van der Waals surface area (Å²) in [6.07, 6.45) is 27.0. The Hall–Kier alpha value is -1.89. The fourth-order valence-corrected chi connectivity index (χ4v) is 5.07. The molecule has 0 aliphatic heterocycles. The standard InChI is InChI=1S/C31H57NO6/c1-2-3-4-5-6-7-8-9-10-11-12-13-14-15-16-17-18-19-20-21-25-32(26-22-29(33)34,27-23-30(35)36)28-24-31(37)38/h6-7H,2-5,8-28H2,1H3,(H2-,33,34,35,36,37,38)/p+1/b7-6+. The first kappa shape index (κ1) is 36.1. The van der Waals surface area contributed by atoms with Gasteiger partial charge in [-0.1, -0.05) is 96.1 Å². The van der Waals surface area contributed by atoms with Crippen molar-refractivity contribution in [3.63, 3.8) is 0 Å². The molecule has 7 heteroatoms. The van der Waals surface area contributed by atoms with E-state index in [1.807, 2.05) is 0 Å². The van der Waals surface area contributed by atoms with Crippen LogP contribution in [0.2, 0.25) is 0 Å². The maximum absolute atomic E-state index is 11.1. The SMILES string of the molecule is CCCCC/C=C/CCCCCCCCCCCCCCC[N+](CCC(=O)O)(CCC(=O)O)CCC(=O)O. The van der Waals surface area contributed by atoms with Gasteiger partial charge in [0.1, 0.15) is 0 Å². The maximum Gasteiger partial charge on any atom is 0.309 e. The third kappa shape index (κ3) is 24.4. The summed E-state index contributed by atoms with van der Waals surface area (Å²) in [5, 5.41) is 27.4. The quantitative estimate of drug-likeness (QED) is 0.0506. The highest BCUT2D eigenvalue weighted by atomic mass is 16.4. The van der Waals surface area contributed by atoms with Crippen LogP contribution in [0.4, 0.5) is 0 Å². The molecule has 0 saturated heterocycles. The highest BCUT2D eigenvalue weighted by molar-refractivity contribution is 5.67. The first-order valence-electron chi connectivity index (χ1n) is 15.5. The molecular formula is C31H58NO6+. The van der Waals surface area contributed by atoms with E-state index in [2.05, 4.69) is 19.1 Å². The van der Waals surface area contributed by atoms with Crippen LogP contribution in [-0.2, 0) is 14.4 Å². The van der Waals surface area contributed by atoms with Gasteiger partial charge in [0, 0.05) is 0 Å². The zero-order valence-corrected chi connectivity index (χ0v) is 24.3. The monoisotopic (exact) mass is 540 g/mol. The number of rotatable bonds is 29. The fourth-order valence-electron chi connectivity index (χ4n) is 5.07. The zero-order chi connectivity index (χ0) is 28.3. The second-order valence-electron chi connectivity index (χ2n) is 11.0. The Morgan fingerprint density at radius 1 is 0.474 bits per heavy atom. The molecule has 0 aromatic heterocycles. The van der Waals surface area contributed by atoms with Gasteiger partial charge in [-0.3, -0.25) is 14.4 Å². The van der Waals surface area contributed by atoms with E-state index in [-0.39, 0.29) is 43.4 Å². The van der Waals surface area contributed by atoms with Crippen molar-refractivity contribution in [3.8, 4) is 0 Å². The predicted octanol–water partition coefficient (Wildman–Crippen LogP) is 7.83. The fraction of sp³-hybridized carbons (Fsp3) is 0.839. The number of carbonyl (C=O) groups is 3. The number of carboxylic acid groups (broad SMARTS) is 3. The Morgan fingerprint density at radius 2 is 0.789 bits per heavy atom. The third-order valence-corrected chi connectivity index (χ3v) is 7.54. The lowest BCUT2D eigenvalue weighted by Crippen LogP contribution is -2.52. The smallest absolute Gasteiger partial charge is 0.309 e. The van der Waals surface area contributed by atoms with E-state index >= 15 is 0 Å². The van der Waals surface area contributed by atoms with Crippen molar-refractivity contribution in [2.24, 2.45) is 0 Å². The van der Waals surface area contributed by atoms with Gasteiger partial charge in [0.15, 0.2) is 0 Å². The van der Waals surface area contributed by atoms with Crippen LogP contribution in [0, 0.1) is 0 Å². The molecule has 0 spiro atoms. The van der Waals surface area contributed by atoms with E-state index in [9.17, 15) is 14.4 Å². The van der Waals surface area contributed by atoms with Gasteiger partial charge in [-0.05, 0) is 38.5 Å². The summed E-state index contributed by atoms with van der Waals surface area (Å²) in [4.78, 5) is 33.4. The molecule has 3 N–H and O–H groups in total. The summed E-state index contributed by atoms with van der Waals surface area (Å²) in [5.74, 6) is -2.79. The van der Waals surface area contributed by atoms with Crippen LogP contribution in [0.15, 0.2) is 12.2 Å². The molecule has 0 aliphatic carbocycles. The molecule has 0 unspecified atom stereocenters. The first-order chi connectivity index (χ1) is 18.3. The second kappa shape index (κ2) is 25.4.